The van der Waals surface area contributed by atoms with Gasteiger partial charge < -0.3 is 0 Å². The fourth-order valence-corrected chi connectivity index (χ4v) is 3.15. The molecule has 0 N–H and O–H groups in total. The molecule has 0 bridgehead atoms. The lowest BCUT2D eigenvalue weighted by Crippen LogP contribution is -2.23. The molecule has 3 heteroatoms. The second kappa shape index (κ2) is 3.05. The highest BCUT2D eigenvalue weighted by molar-refractivity contribution is 9.10. The van der Waals surface area contributed by atoms with E-state index in [9.17, 15) is 5.26 Å². The first-order valence-corrected chi connectivity index (χ1v) is 6.06. The molecule has 0 amide bonds. The fourth-order valence-electron chi connectivity index (χ4n) is 2.81. The number of fused-ring (bicyclic) bond motifs is 1. The minimum Gasteiger partial charge on any atom is -0.260 e. The number of pyridine rings is 1. The highest BCUT2D eigenvalue weighted by atomic mass is 79.9. The average molecular weight is 263 g/mol. The third-order valence-electron chi connectivity index (χ3n) is 3.72. The van der Waals surface area contributed by atoms with Crippen LogP contribution in [0.25, 0.3) is 0 Å². The van der Waals surface area contributed by atoms with Gasteiger partial charge in [0.25, 0.3) is 0 Å². The van der Waals surface area contributed by atoms with Gasteiger partial charge in [-0.25, -0.2) is 0 Å². The van der Waals surface area contributed by atoms with Crippen LogP contribution in [-0.2, 0) is 5.41 Å². The van der Waals surface area contributed by atoms with Crippen LogP contribution in [-0.4, -0.2) is 4.98 Å². The van der Waals surface area contributed by atoms with Crippen molar-refractivity contribution in [2.75, 3.05) is 0 Å². The Labute approximate surface area is 97.5 Å². The van der Waals surface area contributed by atoms with Gasteiger partial charge >= 0.3 is 0 Å². The summed E-state index contributed by atoms with van der Waals surface area (Å²) in [6.45, 7) is 0. The van der Waals surface area contributed by atoms with Crippen LogP contribution in [0.1, 0.15) is 25.0 Å². The predicted molar refractivity (Wildman–Crippen MR) is 60.1 cm³/mol. The van der Waals surface area contributed by atoms with Crippen LogP contribution in [0.4, 0.5) is 0 Å². The monoisotopic (exact) mass is 262 g/mol. The van der Waals surface area contributed by atoms with Crippen molar-refractivity contribution in [3.8, 4) is 6.07 Å². The molecule has 1 heterocycles. The molecule has 2 nitrogen and oxygen atoms in total. The number of rotatable bonds is 1. The van der Waals surface area contributed by atoms with Crippen molar-refractivity contribution in [1.29, 1.82) is 5.26 Å². The molecule has 76 valence electrons. The van der Waals surface area contributed by atoms with E-state index < -0.39 is 0 Å². The van der Waals surface area contributed by atoms with Crippen LogP contribution in [0.2, 0.25) is 0 Å². The van der Waals surface area contributed by atoms with Gasteiger partial charge in [0.1, 0.15) is 0 Å². The van der Waals surface area contributed by atoms with E-state index in [4.69, 9.17) is 0 Å². The van der Waals surface area contributed by atoms with Crippen LogP contribution in [0.15, 0.2) is 22.8 Å². The Kier molecular flexibility index (Phi) is 1.90. The number of halogens is 1. The average Bonchev–Trinajstić information content (AvgIpc) is 2.86. The lowest BCUT2D eigenvalue weighted by atomic mass is 9.81. The zero-order valence-corrected chi connectivity index (χ0v) is 9.87. The summed E-state index contributed by atoms with van der Waals surface area (Å²) in [4.78, 5) is 4.37. The maximum atomic E-state index is 9.39. The van der Waals surface area contributed by atoms with E-state index in [0.717, 1.165) is 34.8 Å². The third kappa shape index (κ3) is 1.39. The normalized spacial score (nSPS) is 37.1. The second-order valence-electron chi connectivity index (χ2n) is 4.72. The summed E-state index contributed by atoms with van der Waals surface area (Å²) in [5, 5.41) is 9.39. The van der Waals surface area contributed by atoms with Gasteiger partial charge in [0, 0.05) is 10.7 Å². The fraction of sp³-hybridized carbons (Fsp3) is 0.500. The zero-order chi connectivity index (χ0) is 10.5. The smallest absolute Gasteiger partial charge is 0.0998 e. The van der Waals surface area contributed by atoms with Crippen molar-refractivity contribution in [1.82, 2.24) is 4.98 Å². The molecule has 2 aliphatic rings. The quantitative estimate of drug-likeness (QED) is 0.780. The van der Waals surface area contributed by atoms with Crippen LogP contribution in [0.3, 0.4) is 0 Å². The first kappa shape index (κ1) is 9.35. The Hall–Kier alpha value is -0.880. The van der Waals surface area contributed by atoms with Gasteiger partial charge in [-0.15, -0.1) is 0 Å². The van der Waals surface area contributed by atoms with Crippen molar-refractivity contribution >= 4 is 15.9 Å². The van der Waals surface area contributed by atoms with E-state index >= 15 is 0 Å². The van der Waals surface area contributed by atoms with Gasteiger partial charge in [0.15, 0.2) is 0 Å². The molecule has 0 spiro atoms. The summed E-state index contributed by atoms with van der Waals surface area (Å²) >= 11 is 3.44. The molecule has 15 heavy (non-hydrogen) atoms. The predicted octanol–water partition coefficient (Wildman–Crippen LogP) is 3.04. The second-order valence-corrected chi connectivity index (χ2v) is 5.63. The lowest BCUT2D eigenvalue weighted by Gasteiger charge is -2.21. The summed E-state index contributed by atoms with van der Waals surface area (Å²) in [7, 11) is 0. The largest absolute Gasteiger partial charge is 0.260 e. The third-order valence-corrected chi connectivity index (χ3v) is 4.21. The van der Waals surface area contributed by atoms with E-state index in [1.807, 2.05) is 12.1 Å². The highest BCUT2D eigenvalue weighted by Crippen LogP contribution is 2.60. The van der Waals surface area contributed by atoms with Crippen molar-refractivity contribution in [3.05, 3.63) is 28.5 Å². The summed E-state index contributed by atoms with van der Waals surface area (Å²) in [6.07, 6.45) is 5.13. The molecule has 2 aliphatic carbocycles. The molecule has 1 aromatic heterocycles. The summed E-state index contributed by atoms with van der Waals surface area (Å²) < 4.78 is 1.02. The number of nitriles is 1. The first-order chi connectivity index (χ1) is 7.23. The van der Waals surface area contributed by atoms with Crippen molar-refractivity contribution in [2.45, 2.75) is 24.7 Å². The molecule has 2 saturated carbocycles. The molecule has 1 aromatic rings. The van der Waals surface area contributed by atoms with Crippen LogP contribution >= 0.6 is 15.9 Å². The number of aromatic nitrogens is 1. The SMILES string of the molecule is N#CC1(c2cc(Br)ccn2)CC2CC2C1. The number of hydrogen-bond acceptors (Lipinski definition) is 2. The Balaban J connectivity index is 2.01. The molecule has 2 unspecified atom stereocenters. The first-order valence-electron chi connectivity index (χ1n) is 5.27. The summed E-state index contributed by atoms with van der Waals surface area (Å²) in [5.41, 5.74) is 0.656. The molecule has 0 aromatic carbocycles. The summed E-state index contributed by atoms with van der Waals surface area (Å²) in [5.74, 6) is 1.59. The van der Waals surface area contributed by atoms with Gasteiger partial charge in [-0.05, 0) is 43.2 Å². The number of hydrogen-bond donors (Lipinski definition) is 0. The number of nitrogens with zero attached hydrogens (tertiary/aromatic N) is 2. The standard InChI is InChI=1S/C12H11BrN2/c13-10-1-2-15-11(4-10)12(7-14)5-8-3-9(8)6-12/h1-2,4,8-9H,3,5-6H2. The molecular weight excluding hydrogens is 252 g/mol. The van der Waals surface area contributed by atoms with Gasteiger partial charge in [-0.3, -0.25) is 4.98 Å². The van der Waals surface area contributed by atoms with Crippen molar-refractivity contribution in [3.63, 3.8) is 0 Å². The Morgan fingerprint density at radius 2 is 2.20 bits per heavy atom. The van der Waals surface area contributed by atoms with Crippen molar-refractivity contribution < 1.29 is 0 Å². The molecular formula is C12H11BrN2. The Morgan fingerprint density at radius 3 is 2.80 bits per heavy atom. The van der Waals surface area contributed by atoms with E-state index in [2.05, 4.69) is 27.0 Å². The van der Waals surface area contributed by atoms with Crippen LogP contribution in [0.5, 0.6) is 0 Å². The van der Waals surface area contributed by atoms with E-state index in [1.165, 1.54) is 6.42 Å². The minimum atomic E-state index is -0.294. The topological polar surface area (TPSA) is 36.7 Å². The van der Waals surface area contributed by atoms with Gasteiger partial charge in [0.05, 0.1) is 17.2 Å². The highest BCUT2D eigenvalue weighted by Gasteiger charge is 2.55. The molecule has 2 fully saturated rings. The Bertz CT molecular complexity index is 439. The maximum Gasteiger partial charge on any atom is 0.0998 e. The van der Waals surface area contributed by atoms with Gasteiger partial charge in [-0.1, -0.05) is 15.9 Å². The molecule has 0 aliphatic heterocycles. The van der Waals surface area contributed by atoms with E-state index in [0.29, 0.717) is 0 Å². The Morgan fingerprint density at radius 1 is 1.47 bits per heavy atom. The molecule has 0 saturated heterocycles. The van der Waals surface area contributed by atoms with Gasteiger partial charge in [-0.2, -0.15) is 5.26 Å². The minimum absolute atomic E-state index is 0.294. The van der Waals surface area contributed by atoms with Gasteiger partial charge in [0.2, 0.25) is 0 Å². The van der Waals surface area contributed by atoms with E-state index in [1.54, 1.807) is 6.20 Å². The lowest BCUT2D eigenvalue weighted by molar-refractivity contribution is 0.490. The molecule has 3 rings (SSSR count). The van der Waals surface area contributed by atoms with Crippen molar-refractivity contribution in [2.24, 2.45) is 11.8 Å². The van der Waals surface area contributed by atoms with Crippen LogP contribution in [0, 0.1) is 23.2 Å². The molecule has 0 radical (unpaired) electrons. The van der Waals surface area contributed by atoms with E-state index in [-0.39, 0.29) is 5.41 Å². The van der Waals surface area contributed by atoms with Crippen LogP contribution < -0.4 is 0 Å². The molecule has 2 atom stereocenters. The zero-order valence-electron chi connectivity index (χ0n) is 8.28. The summed E-state index contributed by atoms with van der Waals surface area (Å²) in [6, 6.07) is 6.40. The maximum absolute atomic E-state index is 9.39.